The maximum absolute atomic E-state index is 5.39. The standard InChI is InChI=1S/C17H17N3O2S/c1-21-14-10-9-12(11-15(14)22-2)16-18-19-17(23-3)20(16)13-7-5-4-6-8-13/h4-11H,1-3H3. The largest absolute Gasteiger partial charge is 0.493 e. The second-order valence-corrected chi connectivity index (χ2v) is 5.52. The quantitative estimate of drug-likeness (QED) is 0.669. The maximum atomic E-state index is 5.39. The normalized spacial score (nSPS) is 10.6. The third kappa shape index (κ3) is 2.90. The van der Waals surface area contributed by atoms with Crippen molar-refractivity contribution in [1.29, 1.82) is 0 Å². The molecule has 0 spiro atoms. The van der Waals surface area contributed by atoms with Crippen molar-refractivity contribution in [3.8, 4) is 28.6 Å². The molecule has 0 radical (unpaired) electrons. The molecule has 23 heavy (non-hydrogen) atoms. The molecule has 6 heteroatoms. The first-order valence-corrected chi connectivity index (χ1v) is 8.28. The minimum Gasteiger partial charge on any atom is -0.493 e. The summed E-state index contributed by atoms with van der Waals surface area (Å²) >= 11 is 1.56. The molecule has 0 saturated heterocycles. The van der Waals surface area contributed by atoms with E-state index in [9.17, 15) is 0 Å². The SMILES string of the molecule is COc1ccc(-c2nnc(SC)n2-c2ccccc2)cc1OC. The second kappa shape index (κ2) is 6.75. The highest BCUT2D eigenvalue weighted by Crippen LogP contribution is 2.33. The van der Waals surface area contributed by atoms with Crippen LogP contribution in [0.1, 0.15) is 0 Å². The highest BCUT2D eigenvalue weighted by Gasteiger charge is 2.16. The predicted molar refractivity (Wildman–Crippen MR) is 91.7 cm³/mol. The molecule has 0 N–H and O–H groups in total. The minimum absolute atomic E-state index is 0.665. The molecule has 0 aliphatic rings. The summed E-state index contributed by atoms with van der Waals surface area (Å²) in [5.41, 5.74) is 1.94. The fourth-order valence-corrected chi connectivity index (χ4v) is 2.87. The van der Waals surface area contributed by atoms with Gasteiger partial charge in [-0.15, -0.1) is 10.2 Å². The van der Waals surface area contributed by atoms with Crippen LogP contribution in [0.15, 0.2) is 53.7 Å². The molecule has 1 aromatic heterocycles. The third-order valence-electron chi connectivity index (χ3n) is 3.47. The Bertz CT molecular complexity index is 803. The van der Waals surface area contributed by atoms with E-state index in [-0.39, 0.29) is 0 Å². The lowest BCUT2D eigenvalue weighted by Crippen LogP contribution is -1.99. The average Bonchev–Trinajstić information content (AvgIpc) is 3.05. The van der Waals surface area contributed by atoms with Gasteiger partial charge >= 0.3 is 0 Å². The van der Waals surface area contributed by atoms with Crippen LogP contribution in [0.4, 0.5) is 0 Å². The zero-order valence-electron chi connectivity index (χ0n) is 13.2. The number of hydrogen-bond acceptors (Lipinski definition) is 5. The maximum Gasteiger partial charge on any atom is 0.195 e. The molecule has 2 aromatic carbocycles. The van der Waals surface area contributed by atoms with E-state index in [1.807, 2.05) is 59.4 Å². The Morgan fingerprint density at radius 2 is 1.65 bits per heavy atom. The van der Waals surface area contributed by atoms with Gasteiger partial charge in [0.15, 0.2) is 22.5 Å². The van der Waals surface area contributed by atoms with E-state index in [1.165, 1.54) is 0 Å². The smallest absolute Gasteiger partial charge is 0.195 e. The number of methoxy groups -OCH3 is 2. The van der Waals surface area contributed by atoms with E-state index >= 15 is 0 Å². The van der Waals surface area contributed by atoms with Crippen LogP contribution in [-0.4, -0.2) is 35.2 Å². The van der Waals surface area contributed by atoms with Crippen molar-refractivity contribution >= 4 is 11.8 Å². The van der Waals surface area contributed by atoms with Crippen molar-refractivity contribution < 1.29 is 9.47 Å². The Morgan fingerprint density at radius 3 is 2.30 bits per heavy atom. The van der Waals surface area contributed by atoms with Gasteiger partial charge in [0.2, 0.25) is 0 Å². The fraction of sp³-hybridized carbons (Fsp3) is 0.176. The van der Waals surface area contributed by atoms with Crippen molar-refractivity contribution in [3.63, 3.8) is 0 Å². The molecule has 118 valence electrons. The van der Waals surface area contributed by atoms with E-state index in [1.54, 1.807) is 26.0 Å². The number of hydrogen-bond donors (Lipinski definition) is 0. The first kappa shape index (κ1) is 15.4. The van der Waals surface area contributed by atoms with Gasteiger partial charge in [-0.25, -0.2) is 0 Å². The number of benzene rings is 2. The molecule has 0 atom stereocenters. The van der Waals surface area contributed by atoms with Crippen LogP contribution in [0, 0.1) is 0 Å². The molecule has 3 aromatic rings. The van der Waals surface area contributed by atoms with Gasteiger partial charge in [0.25, 0.3) is 0 Å². The average molecular weight is 327 g/mol. The van der Waals surface area contributed by atoms with Gasteiger partial charge < -0.3 is 9.47 Å². The molecular weight excluding hydrogens is 310 g/mol. The summed E-state index contributed by atoms with van der Waals surface area (Å²) in [6.07, 6.45) is 1.99. The zero-order valence-corrected chi connectivity index (χ0v) is 14.0. The topological polar surface area (TPSA) is 49.2 Å². The van der Waals surface area contributed by atoms with Crippen molar-refractivity contribution in [2.75, 3.05) is 20.5 Å². The second-order valence-electron chi connectivity index (χ2n) is 4.75. The molecule has 0 unspecified atom stereocenters. The van der Waals surface area contributed by atoms with Gasteiger partial charge in [-0.2, -0.15) is 0 Å². The van der Waals surface area contributed by atoms with Gasteiger partial charge in [0.05, 0.1) is 14.2 Å². The summed E-state index contributed by atoms with van der Waals surface area (Å²) < 4.78 is 12.7. The number of rotatable bonds is 5. The first-order chi connectivity index (χ1) is 11.3. The predicted octanol–water partition coefficient (Wildman–Crippen LogP) is 3.67. The molecule has 0 aliphatic heterocycles. The van der Waals surface area contributed by atoms with Crippen LogP contribution in [0.25, 0.3) is 17.1 Å². The molecular formula is C17H17N3O2S. The van der Waals surface area contributed by atoms with Crippen LogP contribution in [0.3, 0.4) is 0 Å². The number of aromatic nitrogens is 3. The lowest BCUT2D eigenvalue weighted by Gasteiger charge is -2.11. The van der Waals surface area contributed by atoms with E-state index in [0.717, 1.165) is 22.2 Å². The van der Waals surface area contributed by atoms with Crippen molar-refractivity contribution in [2.45, 2.75) is 5.16 Å². The Morgan fingerprint density at radius 1 is 0.913 bits per heavy atom. The van der Waals surface area contributed by atoms with E-state index in [4.69, 9.17) is 9.47 Å². The van der Waals surface area contributed by atoms with Crippen molar-refractivity contribution in [2.24, 2.45) is 0 Å². The number of ether oxygens (including phenoxy) is 2. The van der Waals surface area contributed by atoms with Crippen LogP contribution in [-0.2, 0) is 0 Å². The molecule has 0 amide bonds. The van der Waals surface area contributed by atoms with Crippen LogP contribution >= 0.6 is 11.8 Å². The molecule has 0 aliphatic carbocycles. The Hall–Kier alpha value is -2.47. The van der Waals surface area contributed by atoms with Gasteiger partial charge in [-0.3, -0.25) is 4.57 Å². The third-order valence-corrected chi connectivity index (χ3v) is 4.10. The molecule has 3 rings (SSSR count). The first-order valence-electron chi connectivity index (χ1n) is 7.05. The summed E-state index contributed by atoms with van der Waals surface area (Å²) in [7, 11) is 3.24. The van der Waals surface area contributed by atoms with Gasteiger partial charge in [0, 0.05) is 11.3 Å². The molecule has 0 saturated carbocycles. The van der Waals surface area contributed by atoms with Gasteiger partial charge in [-0.1, -0.05) is 30.0 Å². The highest BCUT2D eigenvalue weighted by atomic mass is 32.2. The monoisotopic (exact) mass is 327 g/mol. The molecule has 0 bridgehead atoms. The molecule has 0 fully saturated rings. The molecule has 1 heterocycles. The number of para-hydroxylation sites is 1. The number of thioether (sulfide) groups is 1. The molecule has 5 nitrogen and oxygen atoms in total. The summed E-state index contributed by atoms with van der Waals surface area (Å²) in [6.45, 7) is 0. The number of nitrogens with zero attached hydrogens (tertiary/aromatic N) is 3. The summed E-state index contributed by atoms with van der Waals surface area (Å²) in [5.74, 6) is 2.12. The summed E-state index contributed by atoms with van der Waals surface area (Å²) in [4.78, 5) is 0. The summed E-state index contributed by atoms with van der Waals surface area (Å²) in [5, 5.41) is 9.48. The lowest BCUT2D eigenvalue weighted by molar-refractivity contribution is 0.355. The Balaban J connectivity index is 2.16. The van der Waals surface area contributed by atoms with Crippen LogP contribution in [0.2, 0.25) is 0 Å². The lowest BCUT2D eigenvalue weighted by atomic mass is 10.2. The van der Waals surface area contributed by atoms with Crippen LogP contribution < -0.4 is 9.47 Å². The van der Waals surface area contributed by atoms with E-state index < -0.39 is 0 Å². The minimum atomic E-state index is 0.665. The Labute approximate surface area is 139 Å². The highest BCUT2D eigenvalue weighted by molar-refractivity contribution is 7.98. The summed E-state index contributed by atoms with van der Waals surface area (Å²) in [6, 6.07) is 15.8. The van der Waals surface area contributed by atoms with Gasteiger partial charge in [0.1, 0.15) is 0 Å². The van der Waals surface area contributed by atoms with Crippen molar-refractivity contribution in [3.05, 3.63) is 48.5 Å². The fourth-order valence-electron chi connectivity index (χ4n) is 2.37. The van der Waals surface area contributed by atoms with E-state index in [2.05, 4.69) is 10.2 Å². The van der Waals surface area contributed by atoms with Crippen molar-refractivity contribution in [1.82, 2.24) is 14.8 Å². The van der Waals surface area contributed by atoms with Gasteiger partial charge in [-0.05, 0) is 36.6 Å². The Kier molecular flexibility index (Phi) is 4.52. The van der Waals surface area contributed by atoms with E-state index in [0.29, 0.717) is 11.5 Å². The van der Waals surface area contributed by atoms with Crippen LogP contribution in [0.5, 0.6) is 11.5 Å². The zero-order chi connectivity index (χ0) is 16.2.